The van der Waals surface area contributed by atoms with E-state index >= 15 is 0 Å². The summed E-state index contributed by atoms with van der Waals surface area (Å²) in [4.78, 5) is 16.4. The van der Waals surface area contributed by atoms with Crippen LogP contribution in [0.5, 0.6) is 0 Å². The van der Waals surface area contributed by atoms with Gasteiger partial charge in [0.15, 0.2) is 0 Å². The van der Waals surface area contributed by atoms with Gasteiger partial charge in [-0.2, -0.15) is 0 Å². The molecule has 1 aromatic heterocycles. The molecule has 1 heterocycles. The zero-order chi connectivity index (χ0) is 12.8. The summed E-state index contributed by atoms with van der Waals surface area (Å²) < 4.78 is 0. The number of rotatable bonds is 4. The van der Waals surface area contributed by atoms with Crippen LogP contribution in [0.15, 0.2) is 54.7 Å². The van der Waals surface area contributed by atoms with E-state index in [1.165, 1.54) is 0 Å². The molecule has 1 aromatic carbocycles. The summed E-state index contributed by atoms with van der Waals surface area (Å²) in [5.41, 5.74) is 1.63. The highest BCUT2D eigenvalue weighted by molar-refractivity contribution is 5.95. The molecule has 1 atom stereocenters. The highest BCUT2D eigenvalue weighted by Gasteiger charge is 2.19. The molecule has 18 heavy (non-hydrogen) atoms. The predicted molar refractivity (Wildman–Crippen MR) is 72.3 cm³/mol. The van der Waals surface area contributed by atoms with Gasteiger partial charge in [-0.3, -0.25) is 9.78 Å². The number of amides is 1. The fourth-order valence-corrected chi connectivity index (χ4v) is 1.86. The fraction of sp³-hybridized carbons (Fsp3) is 0.200. The van der Waals surface area contributed by atoms with Crippen molar-refractivity contribution in [1.82, 2.24) is 4.98 Å². The Labute approximate surface area is 107 Å². The van der Waals surface area contributed by atoms with Gasteiger partial charge in [0.1, 0.15) is 0 Å². The summed E-state index contributed by atoms with van der Waals surface area (Å²) in [5, 5.41) is 2.91. The van der Waals surface area contributed by atoms with Gasteiger partial charge in [0.25, 0.3) is 0 Å². The van der Waals surface area contributed by atoms with Gasteiger partial charge in [0, 0.05) is 11.9 Å². The molecular formula is C15H16N2O. The quantitative estimate of drug-likeness (QED) is 0.891. The summed E-state index contributed by atoms with van der Waals surface area (Å²) >= 11 is 0. The Morgan fingerprint density at radius 1 is 1.17 bits per heavy atom. The highest BCUT2D eigenvalue weighted by Crippen LogP contribution is 2.19. The molecule has 1 N–H and O–H groups in total. The predicted octanol–water partition coefficient (Wildman–Crippen LogP) is 3.21. The van der Waals surface area contributed by atoms with Crippen LogP contribution in [0.25, 0.3) is 0 Å². The van der Waals surface area contributed by atoms with Crippen LogP contribution in [-0.4, -0.2) is 10.9 Å². The second-order valence-corrected chi connectivity index (χ2v) is 4.07. The smallest absolute Gasteiger partial charge is 0.233 e. The number of para-hydroxylation sites is 1. The number of benzene rings is 1. The Bertz CT molecular complexity index is 496. The summed E-state index contributed by atoms with van der Waals surface area (Å²) in [6, 6.07) is 15.1. The number of pyridine rings is 1. The summed E-state index contributed by atoms with van der Waals surface area (Å²) in [7, 11) is 0. The minimum Gasteiger partial charge on any atom is -0.326 e. The van der Waals surface area contributed by atoms with Crippen molar-refractivity contribution in [3.8, 4) is 0 Å². The van der Waals surface area contributed by atoms with Gasteiger partial charge < -0.3 is 5.32 Å². The Morgan fingerprint density at radius 2 is 1.89 bits per heavy atom. The van der Waals surface area contributed by atoms with Crippen molar-refractivity contribution >= 4 is 11.6 Å². The maximum absolute atomic E-state index is 12.2. The molecule has 0 fully saturated rings. The first-order valence-corrected chi connectivity index (χ1v) is 6.08. The summed E-state index contributed by atoms with van der Waals surface area (Å²) in [5.74, 6) is -0.214. The van der Waals surface area contributed by atoms with Gasteiger partial charge in [-0.05, 0) is 30.7 Å². The molecule has 0 aliphatic heterocycles. The van der Waals surface area contributed by atoms with E-state index in [4.69, 9.17) is 0 Å². The first-order chi connectivity index (χ1) is 8.81. The lowest BCUT2D eigenvalue weighted by Gasteiger charge is -2.14. The molecule has 2 aromatic rings. The molecule has 92 valence electrons. The molecule has 3 nitrogen and oxygen atoms in total. The van der Waals surface area contributed by atoms with Crippen LogP contribution in [0.4, 0.5) is 5.69 Å². The SMILES string of the molecule is CCC(C(=O)Nc1ccccc1)c1ccccn1. The monoisotopic (exact) mass is 240 g/mol. The third-order valence-electron chi connectivity index (χ3n) is 2.81. The Kier molecular flexibility index (Phi) is 4.07. The number of hydrogen-bond donors (Lipinski definition) is 1. The average molecular weight is 240 g/mol. The molecule has 0 radical (unpaired) electrons. The van der Waals surface area contributed by atoms with E-state index < -0.39 is 0 Å². The zero-order valence-corrected chi connectivity index (χ0v) is 10.3. The summed E-state index contributed by atoms with van der Waals surface area (Å²) in [6.45, 7) is 1.99. The molecule has 0 bridgehead atoms. The van der Waals surface area contributed by atoms with Crippen LogP contribution in [-0.2, 0) is 4.79 Å². The second kappa shape index (κ2) is 5.96. The topological polar surface area (TPSA) is 42.0 Å². The highest BCUT2D eigenvalue weighted by atomic mass is 16.1. The number of aromatic nitrogens is 1. The fourth-order valence-electron chi connectivity index (χ4n) is 1.86. The van der Waals surface area contributed by atoms with E-state index in [0.717, 1.165) is 17.8 Å². The van der Waals surface area contributed by atoms with Crippen molar-refractivity contribution in [2.24, 2.45) is 0 Å². The van der Waals surface area contributed by atoms with Gasteiger partial charge >= 0.3 is 0 Å². The Hall–Kier alpha value is -2.16. The van der Waals surface area contributed by atoms with Crippen LogP contribution >= 0.6 is 0 Å². The van der Waals surface area contributed by atoms with Gasteiger partial charge in [0.05, 0.1) is 11.6 Å². The van der Waals surface area contributed by atoms with E-state index in [0.29, 0.717) is 0 Å². The van der Waals surface area contributed by atoms with E-state index in [9.17, 15) is 4.79 Å². The Balaban J connectivity index is 2.12. The van der Waals surface area contributed by atoms with Crippen molar-refractivity contribution in [2.75, 3.05) is 5.32 Å². The molecule has 0 spiro atoms. The summed E-state index contributed by atoms with van der Waals surface area (Å²) in [6.07, 6.45) is 2.45. The minimum atomic E-state index is -0.202. The number of nitrogens with zero attached hydrogens (tertiary/aromatic N) is 1. The maximum atomic E-state index is 12.2. The van der Waals surface area contributed by atoms with Gasteiger partial charge in [0.2, 0.25) is 5.91 Å². The molecule has 1 unspecified atom stereocenters. The van der Waals surface area contributed by atoms with Gasteiger partial charge in [-0.1, -0.05) is 31.2 Å². The molecule has 0 saturated heterocycles. The molecule has 3 heteroatoms. The van der Waals surface area contributed by atoms with Crippen LogP contribution < -0.4 is 5.32 Å². The molecule has 0 aliphatic rings. The standard InChI is InChI=1S/C15H16N2O/c1-2-13(14-10-6-7-11-16-14)15(18)17-12-8-4-3-5-9-12/h3-11,13H,2H2,1H3,(H,17,18). The zero-order valence-electron chi connectivity index (χ0n) is 10.3. The lowest BCUT2D eigenvalue weighted by molar-refractivity contribution is -0.117. The molecule has 1 amide bonds. The van der Waals surface area contributed by atoms with Gasteiger partial charge in [-0.25, -0.2) is 0 Å². The third-order valence-corrected chi connectivity index (χ3v) is 2.81. The van der Waals surface area contributed by atoms with Crippen LogP contribution in [0.3, 0.4) is 0 Å². The number of anilines is 1. The van der Waals surface area contributed by atoms with Crippen molar-refractivity contribution in [3.63, 3.8) is 0 Å². The lowest BCUT2D eigenvalue weighted by atomic mass is 10.0. The largest absolute Gasteiger partial charge is 0.326 e. The Morgan fingerprint density at radius 3 is 2.50 bits per heavy atom. The average Bonchev–Trinajstić information content (AvgIpc) is 2.42. The third kappa shape index (κ3) is 2.94. The molecule has 2 rings (SSSR count). The lowest BCUT2D eigenvalue weighted by Crippen LogP contribution is -2.21. The van der Waals surface area contributed by atoms with Crippen molar-refractivity contribution in [2.45, 2.75) is 19.3 Å². The first kappa shape index (κ1) is 12.3. The second-order valence-electron chi connectivity index (χ2n) is 4.07. The van der Waals surface area contributed by atoms with Crippen LogP contribution in [0.2, 0.25) is 0 Å². The molecular weight excluding hydrogens is 224 g/mol. The maximum Gasteiger partial charge on any atom is 0.233 e. The van der Waals surface area contributed by atoms with E-state index in [-0.39, 0.29) is 11.8 Å². The molecule has 0 saturated carbocycles. The van der Waals surface area contributed by atoms with E-state index in [2.05, 4.69) is 10.3 Å². The van der Waals surface area contributed by atoms with Crippen molar-refractivity contribution in [3.05, 3.63) is 60.4 Å². The first-order valence-electron chi connectivity index (χ1n) is 6.08. The number of carbonyl (C=O) groups excluding carboxylic acids is 1. The normalized spacial score (nSPS) is 11.8. The minimum absolute atomic E-state index is 0.0117. The van der Waals surface area contributed by atoms with Crippen LogP contribution in [0, 0.1) is 0 Å². The number of carbonyl (C=O) groups is 1. The van der Waals surface area contributed by atoms with Crippen molar-refractivity contribution < 1.29 is 4.79 Å². The number of hydrogen-bond acceptors (Lipinski definition) is 2. The number of nitrogens with one attached hydrogen (secondary N) is 1. The molecule has 0 aliphatic carbocycles. The van der Waals surface area contributed by atoms with Crippen molar-refractivity contribution in [1.29, 1.82) is 0 Å². The van der Waals surface area contributed by atoms with Gasteiger partial charge in [-0.15, -0.1) is 0 Å². The van der Waals surface area contributed by atoms with E-state index in [1.807, 2.05) is 55.5 Å². The van der Waals surface area contributed by atoms with E-state index in [1.54, 1.807) is 6.20 Å². The van der Waals surface area contributed by atoms with Crippen LogP contribution in [0.1, 0.15) is 25.0 Å².